The monoisotopic (exact) mass is 258 g/mol. The molecule has 0 atom stereocenters. The molecule has 0 aromatic heterocycles. The Labute approximate surface area is 105 Å². The smallest absolute Gasteiger partial charge is 0.339 e. The number of benzene rings is 1. The van der Waals surface area contributed by atoms with Crippen molar-refractivity contribution < 1.29 is 19.4 Å². The third-order valence-corrected chi connectivity index (χ3v) is 2.54. The van der Waals surface area contributed by atoms with Gasteiger partial charge < -0.3 is 14.6 Å². The van der Waals surface area contributed by atoms with Gasteiger partial charge in [0, 0.05) is 6.07 Å². The molecule has 0 aliphatic rings. The normalized spacial score (nSPS) is 10.1. The lowest BCUT2D eigenvalue weighted by Crippen LogP contribution is -2.03. The summed E-state index contributed by atoms with van der Waals surface area (Å²) >= 11 is 5.94. The fraction of sp³-hybridized carbons (Fsp3) is 0.417. The van der Waals surface area contributed by atoms with Crippen molar-refractivity contribution in [3.63, 3.8) is 0 Å². The third-order valence-electron chi connectivity index (χ3n) is 2.24. The largest absolute Gasteiger partial charge is 0.496 e. The number of hydrogen-bond donors (Lipinski definition) is 1. The van der Waals surface area contributed by atoms with E-state index in [1.807, 2.05) is 0 Å². The Hall–Kier alpha value is -1.42. The van der Waals surface area contributed by atoms with Crippen LogP contribution in [0.25, 0.3) is 0 Å². The number of methoxy groups -OCH3 is 1. The van der Waals surface area contributed by atoms with E-state index in [1.54, 1.807) is 0 Å². The fourth-order valence-corrected chi connectivity index (χ4v) is 1.53. The zero-order valence-corrected chi connectivity index (χ0v) is 10.6. The van der Waals surface area contributed by atoms with E-state index in [1.165, 1.54) is 19.2 Å². The van der Waals surface area contributed by atoms with E-state index in [9.17, 15) is 4.79 Å². The average Bonchev–Trinajstić information content (AvgIpc) is 2.30. The summed E-state index contributed by atoms with van der Waals surface area (Å²) in [5.41, 5.74) is 0.0281. The van der Waals surface area contributed by atoms with Crippen LogP contribution in [0.15, 0.2) is 12.1 Å². The lowest BCUT2D eigenvalue weighted by Gasteiger charge is -2.11. The lowest BCUT2D eigenvalue weighted by molar-refractivity contribution is 0.0693. The molecule has 17 heavy (non-hydrogen) atoms. The number of hydrogen-bond acceptors (Lipinski definition) is 3. The lowest BCUT2D eigenvalue weighted by atomic mass is 10.2. The highest BCUT2D eigenvalue weighted by atomic mass is 35.5. The minimum absolute atomic E-state index is 0.0281. The van der Waals surface area contributed by atoms with Gasteiger partial charge in [-0.3, -0.25) is 0 Å². The predicted octanol–water partition coefficient (Wildman–Crippen LogP) is 3.23. The van der Waals surface area contributed by atoms with Gasteiger partial charge in [0.15, 0.2) is 0 Å². The molecule has 0 bridgehead atoms. The highest BCUT2D eigenvalue weighted by Gasteiger charge is 2.15. The number of unbranched alkanes of at least 4 members (excludes halogenated alkanes) is 1. The molecule has 0 radical (unpaired) electrons. The molecule has 0 aliphatic heterocycles. The molecule has 0 unspecified atom stereocenters. The summed E-state index contributed by atoms with van der Waals surface area (Å²) in [4.78, 5) is 10.9. The van der Waals surface area contributed by atoms with Crippen LogP contribution in [0.4, 0.5) is 0 Å². The molecule has 0 saturated heterocycles. The number of carboxylic acids is 1. The quantitative estimate of drug-likeness (QED) is 0.796. The van der Waals surface area contributed by atoms with E-state index in [4.69, 9.17) is 26.2 Å². The summed E-state index contributed by atoms with van der Waals surface area (Å²) in [6.07, 6.45) is 1.93. The molecule has 94 valence electrons. The first-order chi connectivity index (χ1) is 8.10. The third kappa shape index (κ3) is 3.53. The van der Waals surface area contributed by atoms with Crippen molar-refractivity contribution in [1.82, 2.24) is 0 Å². The second-order valence-corrected chi connectivity index (χ2v) is 3.90. The fourth-order valence-electron chi connectivity index (χ4n) is 1.31. The highest BCUT2D eigenvalue weighted by Crippen LogP contribution is 2.32. The molecule has 1 aromatic carbocycles. The minimum atomic E-state index is -1.08. The standard InChI is InChI=1S/C12H15ClO4/c1-3-4-5-17-11-7-10(16-2)8(12(14)15)6-9(11)13/h6-7H,3-5H2,1-2H3,(H,14,15). The molecule has 0 spiro atoms. The topological polar surface area (TPSA) is 55.8 Å². The molecule has 0 amide bonds. The van der Waals surface area contributed by atoms with Crippen molar-refractivity contribution in [2.75, 3.05) is 13.7 Å². The van der Waals surface area contributed by atoms with Crippen molar-refractivity contribution in [3.05, 3.63) is 22.7 Å². The van der Waals surface area contributed by atoms with Crippen LogP contribution in [0.3, 0.4) is 0 Å². The van der Waals surface area contributed by atoms with Crippen molar-refractivity contribution >= 4 is 17.6 Å². The molecule has 5 heteroatoms. The van der Waals surface area contributed by atoms with E-state index in [2.05, 4.69) is 6.92 Å². The highest BCUT2D eigenvalue weighted by molar-refractivity contribution is 6.32. The van der Waals surface area contributed by atoms with Crippen LogP contribution in [0.1, 0.15) is 30.1 Å². The Bertz CT molecular complexity index is 404. The summed E-state index contributed by atoms with van der Waals surface area (Å²) in [6.45, 7) is 2.60. The van der Waals surface area contributed by atoms with Gasteiger partial charge in [0.2, 0.25) is 0 Å². The Morgan fingerprint density at radius 1 is 1.41 bits per heavy atom. The summed E-state index contributed by atoms with van der Waals surface area (Å²) in [5.74, 6) is -0.390. The first kappa shape index (κ1) is 13.6. The molecule has 1 rings (SSSR count). The predicted molar refractivity (Wildman–Crippen MR) is 65.4 cm³/mol. The van der Waals surface area contributed by atoms with Gasteiger partial charge in [-0.2, -0.15) is 0 Å². The maximum Gasteiger partial charge on any atom is 0.339 e. The second-order valence-electron chi connectivity index (χ2n) is 3.49. The van der Waals surface area contributed by atoms with Crippen LogP contribution in [-0.4, -0.2) is 24.8 Å². The van der Waals surface area contributed by atoms with Gasteiger partial charge in [0.05, 0.1) is 18.7 Å². The number of aromatic carboxylic acids is 1. The first-order valence-electron chi connectivity index (χ1n) is 5.33. The van der Waals surface area contributed by atoms with E-state index in [0.29, 0.717) is 12.4 Å². The van der Waals surface area contributed by atoms with Gasteiger partial charge in [0.25, 0.3) is 0 Å². The molecule has 4 nitrogen and oxygen atoms in total. The molecule has 0 heterocycles. The van der Waals surface area contributed by atoms with E-state index in [-0.39, 0.29) is 16.3 Å². The van der Waals surface area contributed by atoms with Gasteiger partial charge in [0.1, 0.15) is 17.1 Å². The Kier molecular flexibility index (Phi) is 5.10. The van der Waals surface area contributed by atoms with Gasteiger partial charge in [-0.05, 0) is 12.5 Å². The van der Waals surface area contributed by atoms with Gasteiger partial charge >= 0.3 is 5.97 Å². The molecule has 0 aliphatic carbocycles. The number of rotatable bonds is 6. The minimum Gasteiger partial charge on any atom is -0.496 e. The summed E-state index contributed by atoms with van der Waals surface area (Å²) in [5, 5.41) is 9.22. The first-order valence-corrected chi connectivity index (χ1v) is 5.71. The summed E-state index contributed by atoms with van der Waals surface area (Å²) in [7, 11) is 1.41. The Balaban J connectivity index is 2.96. The molecular weight excluding hydrogens is 244 g/mol. The van der Waals surface area contributed by atoms with Crippen molar-refractivity contribution in [3.8, 4) is 11.5 Å². The van der Waals surface area contributed by atoms with Gasteiger partial charge in [-0.15, -0.1) is 0 Å². The molecule has 0 saturated carbocycles. The van der Waals surface area contributed by atoms with Crippen LogP contribution < -0.4 is 9.47 Å². The van der Waals surface area contributed by atoms with E-state index < -0.39 is 5.97 Å². The molecule has 1 N–H and O–H groups in total. The Morgan fingerprint density at radius 3 is 2.65 bits per heavy atom. The van der Waals surface area contributed by atoms with Crippen molar-refractivity contribution in [2.24, 2.45) is 0 Å². The second kappa shape index (κ2) is 6.35. The zero-order valence-electron chi connectivity index (χ0n) is 9.83. The van der Waals surface area contributed by atoms with Gasteiger partial charge in [-0.25, -0.2) is 4.79 Å². The maximum absolute atomic E-state index is 10.9. The van der Waals surface area contributed by atoms with Crippen LogP contribution in [0.5, 0.6) is 11.5 Å². The summed E-state index contributed by atoms with van der Waals surface area (Å²) < 4.78 is 10.4. The van der Waals surface area contributed by atoms with Crippen LogP contribution >= 0.6 is 11.6 Å². The van der Waals surface area contributed by atoms with Crippen molar-refractivity contribution in [2.45, 2.75) is 19.8 Å². The maximum atomic E-state index is 10.9. The van der Waals surface area contributed by atoms with E-state index >= 15 is 0 Å². The van der Waals surface area contributed by atoms with Crippen LogP contribution in [-0.2, 0) is 0 Å². The molecule has 0 fully saturated rings. The van der Waals surface area contributed by atoms with Gasteiger partial charge in [-0.1, -0.05) is 24.9 Å². The van der Waals surface area contributed by atoms with Crippen LogP contribution in [0, 0.1) is 0 Å². The number of carbonyl (C=O) groups is 1. The molecular formula is C12H15ClO4. The zero-order chi connectivity index (χ0) is 12.8. The SMILES string of the molecule is CCCCOc1cc(OC)c(C(=O)O)cc1Cl. The van der Waals surface area contributed by atoms with E-state index in [0.717, 1.165) is 12.8 Å². The average molecular weight is 259 g/mol. The number of carboxylic acid groups (broad SMARTS) is 1. The number of ether oxygens (including phenoxy) is 2. The number of halogens is 1. The summed E-state index contributed by atoms with van der Waals surface area (Å²) in [6, 6.07) is 2.84. The van der Waals surface area contributed by atoms with Crippen molar-refractivity contribution in [1.29, 1.82) is 0 Å². The van der Waals surface area contributed by atoms with Crippen LogP contribution in [0.2, 0.25) is 5.02 Å². The molecule has 1 aromatic rings. The Morgan fingerprint density at radius 2 is 2.12 bits per heavy atom.